The number of pyridine rings is 1. The minimum atomic E-state index is -0.470. The zero-order valence-corrected chi connectivity index (χ0v) is 20.0. The fourth-order valence-corrected chi connectivity index (χ4v) is 5.91. The van der Waals surface area contributed by atoms with Gasteiger partial charge in [0.1, 0.15) is 18.0 Å². The first-order valence-electron chi connectivity index (χ1n) is 11.5. The van der Waals surface area contributed by atoms with E-state index in [4.69, 9.17) is 5.10 Å². The molecule has 0 radical (unpaired) electrons. The summed E-state index contributed by atoms with van der Waals surface area (Å²) in [5, 5.41) is 37.7. The largest absolute Gasteiger partial charge is 0.396 e. The Labute approximate surface area is 206 Å². The van der Waals surface area contributed by atoms with Crippen LogP contribution in [0, 0.1) is 41.3 Å². The molecule has 7 nitrogen and oxygen atoms in total. The van der Waals surface area contributed by atoms with Crippen LogP contribution in [0.2, 0.25) is 0 Å². The Morgan fingerprint density at radius 2 is 1.83 bits per heavy atom. The van der Waals surface area contributed by atoms with Crippen molar-refractivity contribution in [2.75, 3.05) is 6.61 Å². The predicted octanol–water partition coefficient (Wildman–Crippen LogP) is 5.26. The molecule has 5 rings (SSSR count). The molecule has 1 aromatic carbocycles. The molecule has 9 heteroatoms. The zero-order valence-electron chi connectivity index (χ0n) is 19.1. The smallest absolute Gasteiger partial charge is 0.124 e. The quantitative estimate of drug-likeness (QED) is 0.413. The maximum absolute atomic E-state index is 13.7. The Morgan fingerprint density at radius 3 is 2.54 bits per heavy atom. The number of nitrogens with zero attached hydrogens (tertiary/aromatic N) is 6. The van der Waals surface area contributed by atoms with Crippen LogP contribution in [-0.4, -0.2) is 31.1 Å². The summed E-state index contributed by atoms with van der Waals surface area (Å²) < 4.78 is 17.4. The Hall–Kier alpha value is -3.66. The summed E-state index contributed by atoms with van der Waals surface area (Å²) >= 11 is 1.31. The van der Waals surface area contributed by atoms with Gasteiger partial charge in [0.25, 0.3) is 0 Å². The van der Waals surface area contributed by atoms with Crippen molar-refractivity contribution in [2.24, 2.45) is 5.92 Å². The number of aliphatic hydroxyl groups is 1. The monoisotopic (exact) mass is 486 g/mol. The van der Waals surface area contributed by atoms with Crippen molar-refractivity contribution >= 4 is 17.3 Å². The van der Waals surface area contributed by atoms with Crippen molar-refractivity contribution < 1.29 is 9.50 Å². The van der Waals surface area contributed by atoms with Crippen molar-refractivity contribution in [3.8, 4) is 23.3 Å². The van der Waals surface area contributed by atoms with Crippen LogP contribution in [-0.2, 0) is 0 Å². The first-order chi connectivity index (χ1) is 17.0. The van der Waals surface area contributed by atoms with Crippen molar-refractivity contribution in [3.05, 3.63) is 65.5 Å². The lowest BCUT2D eigenvalue weighted by Gasteiger charge is -2.28. The summed E-state index contributed by atoms with van der Waals surface area (Å²) in [4.78, 5) is 1.35. The molecule has 1 saturated carbocycles. The molecule has 0 saturated heterocycles. The van der Waals surface area contributed by atoms with E-state index in [1.165, 1.54) is 30.1 Å². The van der Waals surface area contributed by atoms with E-state index in [1.807, 2.05) is 18.5 Å². The fraction of sp³-hybridized carbons (Fsp3) is 0.308. The molecule has 1 aliphatic carbocycles. The van der Waals surface area contributed by atoms with E-state index < -0.39 is 5.82 Å². The van der Waals surface area contributed by atoms with Gasteiger partial charge in [0, 0.05) is 39.4 Å². The Morgan fingerprint density at radius 1 is 1.06 bits per heavy atom. The van der Waals surface area contributed by atoms with Crippen LogP contribution >= 0.6 is 11.8 Å². The van der Waals surface area contributed by atoms with Gasteiger partial charge in [-0.2, -0.15) is 20.7 Å². The van der Waals surface area contributed by atoms with Crippen molar-refractivity contribution in [1.29, 1.82) is 10.5 Å². The topological polar surface area (TPSA) is 103 Å². The van der Waals surface area contributed by atoms with E-state index in [0.717, 1.165) is 47.4 Å². The third kappa shape index (κ3) is 4.29. The first-order valence-corrected chi connectivity index (χ1v) is 12.3. The minimum absolute atomic E-state index is 0.235. The van der Waals surface area contributed by atoms with E-state index in [1.54, 1.807) is 10.6 Å². The minimum Gasteiger partial charge on any atom is -0.396 e. The molecular formula is C26H23FN6OS. The molecule has 1 fully saturated rings. The molecule has 3 aromatic heterocycles. The maximum atomic E-state index is 13.7. The van der Waals surface area contributed by atoms with E-state index in [9.17, 15) is 20.0 Å². The first kappa shape index (κ1) is 23.1. The molecule has 0 spiro atoms. The fourth-order valence-electron chi connectivity index (χ4n) is 4.84. The standard InChI is InChI=1S/C26H23FN6OS/c1-16-23(13-31-33(16)22-5-2-17(15-34)3-6-22)19-9-25(26-20(11-29)12-30-32(26)14-19)35-24-7-4-21(27)8-18(24)10-28/h4,7-9,12-14,17,22,34H,2-3,5-6,15H2,1H3. The van der Waals surface area contributed by atoms with Gasteiger partial charge < -0.3 is 5.11 Å². The summed E-state index contributed by atoms with van der Waals surface area (Å²) in [6.45, 7) is 2.29. The van der Waals surface area contributed by atoms with E-state index in [-0.39, 0.29) is 12.2 Å². The molecule has 0 unspecified atom stereocenters. The lowest BCUT2D eigenvalue weighted by Crippen LogP contribution is -2.21. The third-order valence-corrected chi connectivity index (χ3v) is 7.86. The second kappa shape index (κ2) is 9.53. The highest BCUT2D eigenvalue weighted by atomic mass is 32.2. The van der Waals surface area contributed by atoms with Gasteiger partial charge in [-0.3, -0.25) is 4.68 Å². The van der Waals surface area contributed by atoms with Gasteiger partial charge in [0.2, 0.25) is 0 Å². The van der Waals surface area contributed by atoms with Gasteiger partial charge in [-0.25, -0.2) is 8.91 Å². The molecule has 1 N–H and O–H groups in total. The molecule has 176 valence electrons. The molecule has 0 aliphatic heterocycles. The zero-order chi connectivity index (χ0) is 24.5. The Kier molecular flexibility index (Phi) is 6.29. The highest BCUT2D eigenvalue weighted by Gasteiger charge is 2.25. The summed E-state index contributed by atoms with van der Waals surface area (Å²) in [6.07, 6.45) is 9.22. The summed E-state index contributed by atoms with van der Waals surface area (Å²) in [7, 11) is 0. The maximum Gasteiger partial charge on any atom is 0.124 e. The van der Waals surface area contributed by atoms with Gasteiger partial charge in [-0.05, 0) is 62.8 Å². The second-order valence-electron chi connectivity index (χ2n) is 8.86. The molecule has 35 heavy (non-hydrogen) atoms. The Bertz CT molecular complexity index is 1490. The van der Waals surface area contributed by atoms with Crippen LogP contribution in [0.3, 0.4) is 0 Å². The highest BCUT2D eigenvalue weighted by molar-refractivity contribution is 7.99. The van der Waals surface area contributed by atoms with Gasteiger partial charge >= 0.3 is 0 Å². The molecular weight excluding hydrogens is 463 g/mol. The number of hydrogen-bond acceptors (Lipinski definition) is 6. The summed E-state index contributed by atoms with van der Waals surface area (Å²) in [5.41, 5.74) is 4.20. The number of nitriles is 2. The molecule has 1 aliphatic rings. The summed E-state index contributed by atoms with van der Waals surface area (Å²) in [5.74, 6) is -0.0922. The predicted molar refractivity (Wildman–Crippen MR) is 129 cm³/mol. The number of benzene rings is 1. The Balaban J connectivity index is 1.56. The molecule has 4 aromatic rings. The van der Waals surface area contributed by atoms with Gasteiger partial charge in [0.15, 0.2) is 0 Å². The van der Waals surface area contributed by atoms with Crippen LogP contribution in [0.4, 0.5) is 4.39 Å². The van der Waals surface area contributed by atoms with Crippen LogP contribution in [0.5, 0.6) is 0 Å². The lowest BCUT2D eigenvalue weighted by atomic mass is 9.86. The average Bonchev–Trinajstić information content (AvgIpc) is 3.48. The normalized spacial score (nSPS) is 17.9. The van der Waals surface area contributed by atoms with E-state index in [0.29, 0.717) is 27.9 Å². The van der Waals surface area contributed by atoms with Crippen LogP contribution in [0.15, 0.2) is 52.6 Å². The van der Waals surface area contributed by atoms with Gasteiger partial charge in [-0.15, -0.1) is 0 Å². The molecule has 0 amide bonds. The van der Waals surface area contributed by atoms with Crippen molar-refractivity contribution in [2.45, 2.75) is 48.4 Å². The second-order valence-corrected chi connectivity index (χ2v) is 9.94. The number of aromatic nitrogens is 4. The summed E-state index contributed by atoms with van der Waals surface area (Å²) in [6, 6.07) is 10.6. The third-order valence-electron chi connectivity index (χ3n) is 6.76. The van der Waals surface area contributed by atoms with Crippen molar-refractivity contribution in [1.82, 2.24) is 19.4 Å². The van der Waals surface area contributed by atoms with E-state index in [2.05, 4.69) is 28.8 Å². The SMILES string of the molecule is Cc1c(-c2cc(Sc3ccc(F)cc3C#N)c3c(C#N)cnn3c2)cnn1C1CCC(CO)CC1. The highest BCUT2D eigenvalue weighted by Crippen LogP contribution is 2.39. The van der Waals surface area contributed by atoms with Crippen LogP contribution in [0.1, 0.15) is 48.5 Å². The molecule has 0 atom stereocenters. The number of rotatable bonds is 5. The van der Waals surface area contributed by atoms with Gasteiger partial charge in [-0.1, -0.05) is 11.8 Å². The average molecular weight is 487 g/mol. The van der Waals surface area contributed by atoms with E-state index >= 15 is 0 Å². The van der Waals surface area contributed by atoms with Crippen molar-refractivity contribution in [3.63, 3.8) is 0 Å². The van der Waals surface area contributed by atoms with Crippen LogP contribution in [0.25, 0.3) is 16.6 Å². The number of halogens is 1. The number of fused-ring (bicyclic) bond motifs is 1. The van der Waals surface area contributed by atoms with Crippen LogP contribution < -0.4 is 0 Å². The molecule has 0 bridgehead atoms. The van der Waals surface area contributed by atoms with Gasteiger partial charge in [0.05, 0.1) is 35.1 Å². The lowest BCUT2D eigenvalue weighted by molar-refractivity contribution is 0.164. The number of aliphatic hydroxyl groups excluding tert-OH is 1. The number of hydrogen-bond donors (Lipinski definition) is 1. The molecule has 3 heterocycles.